The van der Waals surface area contributed by atoms with Gasteiger partial charge >= 0.3 is 0 Å². The van der Waals surface area contributed by atoms with Crippen LogP contribution in [-0.4, -0.2) is 34.8 Å². The van der Waals surface area contributed by atoms with Crippen LogP contribution in [0.2, 0.25) is 10.0 Å². The van der Waals surface area contributed by atoms with Gasteiger partial charge in [0.15, 0.2) is 5.82 Å². The zero-order valence-corrected chi connectivity index (χ0v) is 15.8. The van der Waals surface area contributed by atoms with Crippen molar-refractivity contribution in [1.29, 1.82) is 0 Å². The third kappa shape index (κ3) is 5.87. The fourth-order valence-corrected chi connectivity index (χ4v) is 3.47. The highest BCUT2D eigenvalue weighted by molar-refractivity contribution is 6.42. The summed E-state index contributed by atoms with van der Waals surface area (Å²) in [6.07, 6.45) is 7.99. The van der Waals surface area contributed by atoms with Gasteiger partial charge in [0, 0.05) is 19.8 Å². The highest BCUT2D eigenvalue weighted by Gasteiger charge is 2.12. The van der Waals surface area contributed by atoms with Crippen LogP contribution in [0.15, 0.2) is 24.4 Å². The van der Waals surface area contributed by atoms with Gasteiger partial charge in [0.25, 0.3) is 0 Å². The lowest BCUT2D eigenvalue weighted by Gasteiger charge is -2.12. The second-order valence-electron chi connectivity index (χ2n) is 6.53. The zero-order valence-electron chi connectivity index (χ0n) is 14.3. The molecule has 3 rings (SSSR count). The smallest absolute Gasteiger partial charge is 0.168 e. The first kappa shape index (κ1) is 18.5. The monoisotopic (exact) mass is 382 g/mol. The Kier molecular flexibility index (Phi) is 6.96. The van der Waals surface area contributed by atoms with Crippen LogP contribution in [0.5, 0.6) is 0 Å². The van der Waals surface area contributed by atoms with Gasteiger partial charge in [-0.25, -0.2) is 4.68 Å². The van der Waals surface area contributed by atoms with Gasteiger partial charge in [-0.2, -0.15) is 0 Å². The van der Waals surface area contributed by atoms with Gasteiger partial charge in [0.2, 0.25) is 0 Å². The lowest BCUT2D eigenvalue weighted by Crippen LogP contribution is -2.07. The number of aromatic nitrogens is 3. The Morgan fingerprint density at radius 1 is 1.20 bits per heavy atom. The molecule has 0 amide bonds. The number of rotatable bonds is 7. The summed E-state index contributed by atoms with van der Waals surface area (Å²) in [6.45, 7) is 3.38. The minimum atomic E-state index is 0.557. The Hall–Kier alpha value is -1.30. The van der Waals surface area contributed by atoms with Crippen molar-refractivity contribution in [2.45, 2.75) is 38.6 Å². The molecule has 2 aromatic rings. The van der Waals surface area contributed by atoms with Gasteiger partial charge in [0.05, 0.1) is 22.8 Å². The Morgan fingerprint density at radius 2 is 2.12 bits per heavy atom. The van der Waals surface area contributed by atoms with Crippen molar-refractivity contribution >= 4 is 29.0 Å². The maximum atomic E-state index is 6.05. The number of hydrogen-bond donors (Lipinski definition) is 1. The van der Waals surface area contributed by atoms with E-state index in [-0.39, 0.29) is 0 Å². The highest BCUT2D eigenvalue weighted by Crippen LogP contribution is 2.23. The van der Waals surface area contributed by atoms with Gasteiger partial charge in [-0.1, -0.05) is 34.5 Å². The summed E-state index contributed by atoms with van der Waals surface area (Å²) in [5, 5.41) is 12.8. The van der Waals surface area contributed by atoms with E-state index in [1.807, 2.05) is 18.3 Å². The first-order chi connectivity index (χ1) is 12.2. The van der Waals surface area contributed by atoms with Gasteiger partial charge in [-0.05, 0) is 55.7 Å². The molecule has 0 spiro atoms. The van der Waals surface area contributed by atoms with E-state index >= 15 is 0 Å². The quantitative estimate of drug-likeness (QED) is 0.708. The second-order valence-corrected chi connectivity index (χ2v) is 7.34. The molecular weight excluding hydrogens is 359 g/mol. The average Bonchev–Trinajstić information content (AvgIpc) is 2.88. The van der Waals surface area contributed by atoms with Crippen molar-refractivity contribution in [1.82, 2.24) is 15.0 Å². The molecule has 1 aliphatic heterocycles. The molecule has 0 bridgehead atoms. The van der Waals surface area contributed by atoms with Crippen molar-refractivity contribution in [2.75, 3.05) is 25.1 Å². The highest BCUT2D eigenvalue weighted by atomic mass is 35.5. The topological polar surface area (TPSA) is 52.0 Å². The van der Waals surface area contributed by atoms with E-state index in [2.05, 4.69) is 15.6 Å². The normalized spacial score (nSPS) is 18.1. The maximum Gasteiger partial charge on any atom is 0.168 e. The number of benzene rings is 1. The molecule has 1 atom stereocenters. The number of nitrogens with one attached hydrogen (secondary N) is 1. The minimum absolute atomic E-state index is 0.557. The van der Waals surface area contributed by atoms with Gasteiger partial charge in [-0.3, -0.25) is 0 Å². The second kappa shape index (κ2) is 9.41. The fourth-order valence-electron chi connectivity index (χ4n) is 3.15. The number of hydrogen-bond acceptors (Lipinski definition) is 4. The molecule has 7 heteroatoms. The molecule has 2 heterocycles. The largest absolute Gasteiger partial charge is 0.381 e. The van der Waals surface area contributed by atoms with Crippen molar-refractivity contribution < 1.29 is 4.74 Å². The van der Waals surface area contributed by atoms with Gasteiger partial charge in [0.1, 0.15) is 0 Å². The Labute approximate surface area is 158 Å². The average molecular weight is 383 g/mol. The SMILES string of the molecule is Clc1ccc(Cn2cc(NCCCC3CCCOCC3)nn2)cc1Cl. The number of anilines is 1. The van der Waals surface area contributed by atoms with Crippen LogP contribution < -0.4 is 5.32 Å². The van der Waals surface area contributed by atoms with Crippen LogP contribution in [0.4, 0.5) is 5.82 Å². The zero-order chi connectivity index (χ0) is 17.5. The molecule has 1 unspecified atom stereocenters. The molecule has 25 heavy (non-hydrogen) atoms. The number of ether oxygens (including phenoxy) is 1. The van der Waals surface area contributed by atoms with E-state index in [9.17, 15) is 0 Å². The molecule has 1 aromatic carbocycles. The van der Waals surface area contributed by atoms with Gasteiger partial charge < -0.3 is 10.1 Å². The van der Waals surface area contributed by atoms with E-state index < -0.39 is 0 Å². The number of nitrogens with zero attached hydrogens (tertiary/aromatic N) is 3. The van der Waals surface area contributed by atoms with Gasteiger partial charge in [-0.15, -0.1) is 5.10 Å². The molecule has 5 nitrogen and oxygen atoms in total. The third-order valence-electron chi connectivity index (χ3n) is 4.53. The summed E-state index contributed by atoms with van der Waals surface area (Å²) in [7, 11) is 0. The predicted octanol–water partition coefficient (Wildman–Crippen LogP) is 4.64. The Balaban J connectivity index is 1.41. The van der Waals surface area contributed by atoms with E-state index in [4.69, 9.17) is 27.9 Å². The summed E-state index contributed by atoms with van der Waals surface area (Å²) in [6, 6.07) is 5.60. The van der Waals surface area contributed by atoms with E-state index in [0.29, 0.717) is 16.6 Å². The first-order valence-electron chi connectivity index (χ1n) is 8.86. The molecule has 1 saturated heterocycles. The minimum Gasteiger partial charge on any atom is -0.381 e. The molecule has 1 fully saturated rings. The first-order valence-corrected chi connectivity index (χ1v) is 9.62. The lowest BCUT2D eigenvalue weighted by molar-refractivity contribution is 0.141. The van der Waals surface area contributed by atoms with Crippen LogP contribution in [0, 0.1) is 5.92 Å². The molecule has 1 N–H and O–H groups in total. The van der Waals surface area contributed by atoms with Crippen LogP contribution in [-0.2, 0) is 11.3 Å². The molecule has 0 radical (unpaired) electrons. The molecule has 0 aliphatic carbocycles. The van der Waals surface area contributed by atoms with E-state index in [1.54, 1.807) is 10.7 Å². The Bertz CT molecular complexity index is 669. The Morgan fingerprint density at radius 3 is 3.00 bits per heavy atom. The van der Waals surface area contributed by atoms with E-state index in [0.717, 1.165) is 43.5 Å². The molecular formula is C18H24Cl2N4O. The molecule has 0 saturated carbocycles. The number of halogens is 2. The summed E-state index contributed by atoms with van der Waals surface area (Å²) in [4.78, 5) is 0. The molecule has 136 valence electrons. The van der Waals surface area contributed by atoms with Crippen molar-refractivity contribution in [3.63, 3.8) is 0 Å². The standard InChI is InChI=1S/C18H24Cl2N4O/c19-16-6-5-15(11-17(16)20)12-24-13-18(22-23-24)21-8-1-3-14-4-2-9-25-10-7-14/h5-6,11,13-14,21H,1-4,7-10,12H2. The lowest BCUT2D eigenvalue weighted by atomic mass is 9.95. The fraction of sp³-hybridized carbons (Fsp3) is 0.556. The molecule has 1 aromatic heterocycles. The summed E-state index contributed by atoms with van der Waals surface area (Å²) in [5.74, 6) is 1.61. The predicted molar refractivity (Wildman–Crippen MR) is 101 cm³/mol. The summed E-state index contributed by atoms with van der Waals surface area (Å²) < 4.78 is 7.31. The molecule has 1 aliphatic rings. The van der Waals surface area contributed by atoms with Crippen LogP contribution in [0.1, 0.15) is 37.7 Å². The van der Waals surface area contributed by atoms with Crippen molar-refractivity contribution in [2.24, 2.45) is 5.92 Å². The van der Waals surface area contributed by atoms with Crippen LogP contribution >= 0.6 is 23.2 Å². The van der Waals surface area contributed by atoms with E-state index in [1.165, 1.54) is 25.7 Å². The summed E-state index contributed by atoms with van der Waals surface area (Å²) >= 11 is 12.0. The summed E-state index contributed by atoms with van der Waals surface area (Å²) in [5.41, 5.74) is 1.04. The van der Waals surface area contributed by atoms with Crippen molar-refractivity contribution in [3.05, 3.63) is 40.0 Å². The van der Waals surface area contributed by atoms with Crippen LogP contribution in [0.3, 0.4) is 0 Å². The van der Waals surface area contributed by atoms with Crippen molar-refractivity contribution in [3.8, 4) is 0 Å². The maximum absolute atomic E-state index is 6.05. The third-order valence-corrected chi connectivity index (χ3v) is 5.27. The van der Waals surface area contributed by atoms with Crippen LogP contribution in [0.25, 0.3) is 0 Å².